The predicted octanol–water partition coefficient (Wildman–Crippen LogP) is 2.11. The lowest BCUT2D eigenvalue weighted by Gasteiger charge is -2.24. The van der Waals surface area contributed by atoms with Gasteiger partial charge in [0.25, 0.3) is 0 Å². The lowest BCUT2D eigenvalue weighted by molar-refractivity contribution is 0.402. The van der Waals surface area contributed by atoms with Crippen LogP contribution in [0.25, 0.3) is 0 Å². The van der Waals surface area contributed by atoms with E-state index in [0.29, 0.717) is 18.7 Å². The number of hydrogen-bond acceptors (Lipinski definition) is 4. The summed E-state index contributed by atoms with van der Waals surface area (Å²) in [6, 6.07) is 9.05. The lowest BCUT2D eigenvalue weighted by Crippen LogP contribution is -2.38. The lowest BCUT2D eigenvalue weighted by atomic mass is 10.2. The van der Waals surface area contributed by atoms with E-state index in [9.17, 15) is 8.42 Å². The molecule has 5 nitrogen and oxygen atoms in total. The molecule has 6 heteroatoms. The highest BCUT2D eigenvalue weighted by Gasteiger charge is 2.30. The number of rotatable bonds is 7. The molecule has 0 saturated carbocycles. The van der Waals surface area contributed by atoms with E-state index < -0.39 is 15.3 Å². The molecule has 0 amide bonds. The van der Waals surface area contributed by atoms with Crippen molar-refractivity contribution in [3.63, 3.8) is 0 Å². The highest BCUT2D eigenvalue weighted by molar-refractivity contribution is 7.89. The number of benzene rings is 1. The van der Waals surface area contributed by atoms with E-state index in [4.69, 9.17) is 11.0 Å². The molecule has 0 aliphatic carbocycles. The number of sulfonamides is 1. The molecule has 1 aromatic rings. The first-order valence-electron chi connectivity index (χ1n) is 6.69. The average Bonchev–Trinajstić information content (AvgIpc) is 2.41. The van der Waals surface area contributed by atoms with E-state index in [1.165, 1.54) is 4.31 Å². The number of anilines is 1. The van der Waals surface area contributed by atoms with E-state index in [0.717, 1.165) is 5.56 Å². The van der Waals surface area contributed by atoms with Crippen LogP contribution in [0, 0.1) is 11.3 Å². The van der Waals surface area contributed by atoms with Crippen molar-refractivity contribution in [2.24, 2.45) is 0 Å². The van der Waals surface area contributed by atoms with Gasteiger partial charge < -0.3 is 5.73 Å². The summed E-state index contributed by atoms with van der Waals surface area (Å²) in [5.41, 5.74) is 7.19. The van der Waals surface area contributed by atoms with Gasteiger partial charge in [-0.15, -0.1) is 0 Å². The monoisotopic (exact) mass is 295 g/mol. The topological polar surface area (TPSA) is 87.2 Å². The van der Waals surface area contributed by atoms with Crippen LogP contribution in [0.1, 0.15) is 32.3 Å². The summed E-state index contributed by atoms with van der Waals surface area (Å²) < 4.78 is 26.3. The third-order valence-corrected chi connectivity index (χ3v) is 5.30. The second-order valence-electron chi connectivity index (χ2n) is 4.60. The number of nitrogen functional groups attached to an aromatic ring is 1. The van der Waals surface area contributed by atoms with Crippen molar-refractivity contribution in [3.05, 3.63) is 29.8 Å². The summed E-state index contributed by atoms with van der Waals surface area (Å²) in [5, 5.41) is 8.02. The largest absolute Gasteiger partial charge is 0.398 e. The Kier molecular flexibility index (Phi) is 5.99. The van der Waals surface area contributed by atoms with Crippen molar-refractivity contribution in [1.29, 1.82) is 5.26 Å². The molecule has 110 valence electrons. The summed E-state index contributed by atoms with van der Waals surface area (Å²) in [5.74, 6) is 0. The van der Waals surface area contributed by atoms with E-state index in [1.807, 2.05) is 25.1 Å². The van der Waals surface area contributed by atoms with E-state index in [-0.39, 0.29) is 13.0 Å². The molecule has 20 heavy (non-hydrogen) atoms. The molecule has 0 bridgehead atoms. The average molecular weight is 295 g/mol. The van der Waals surface area contributed by atoms with Crippen LogP contribution in [0.5, 0.6) is 0 Å². The zero-order valence-electron chi connectivity index (χ0n) is 11.9. The first-order valence-corrected chi connectivity index (χ1v) is 8.19. The van der Waals surface area contributed by atoms with Crippen molar-refractivity contribution in [3.8, 4) is 6.07 Å². The quantitative estimate of drug-likeness (QED) is 0.780. The minimum absolute atomic E-state index is 0.209. The van der Waals surface area contributed by atoms with Gasteiger partial charge in [0.2, 0.25) is 10.0 Å². The molecular formula is C14H21N3O2S. The second-order valence-corrected chi connectivity index (χ2v) is 6.72. The van der Waals surface area contributed by atoms with Crippen molar-refractivity contribution >= 4 is 15.7 Å². The predicted molar refractivity (Wildman–Crippen MR) is 80.2 cm³/mol. The summed E-state index contributed by atoms with van der Waals surface area (Å²) in [7, 11) is -3.62. The Bertz CT molecular complexity index is 578. The molecule has 0 spiro atoms. The van der Waals surface area contributed by atoms with Crippen LogP contribution in [0.3, 0.4) is 0 Å². The van der Waals surface area contributed by atoms with Crippen LogP contribution in [0.2, 0.25) is 0 Å². The van der Waals surface area contributed by atoms with Gasteiger partial charge in [-0.1, -0.05) is 32.0 Å². The maximum Gasteiger partial charge on any atom is 0.230 e. The van der Waals surface area contributed by atoms with E-state index in [1.54, 1.807) is 19.1 Å². The van der Waals surface area contributed by atoms with Crippen molar-refractivity contribution in [1.82, 2.24) is 4.31 Å². The van der Waals surface area contributed by atoms with Crippen molar-refractivity contribution < 1.29 is 8.42 Å². The Morgan fingerprint density at radius 3 is 2.50 bits per heavy atom. The summed E-state index contributed by atoms with van der Waals surface area (Å²) in [6.07, 6.45) is 0.969. The van der Waals surface area contributed by atoms with Crippen LogP contribution in [-0.2, 0) is 16.6 Å². The third-order valence-electron chi connectivity index (χ3n) is 3.11. The maximum absolute atomic E-state index is 12.5. The molecule has 0 aromatic heterocycles. The third kappa shape index (κ3) is 3.71. The van der Waals surface area contributed by atoms with Gasteiger partial charge in [0, 0.05) is 18.8 Å². The minimum atomic E-state index is -3.62. The molecule has 0 aliphatic heterocycles. The number of para-hydroxylation sites is 1. The van der Waals surface area contributed by atoms with Gasteiger partial charge in [-0.25, -0.2) is 8.42 Å². The van der Waals surface area contributed by atoms with Crippen molar-refractivity contribution in [2.75, 3.05) is 12.3 Å². The molecule has 0 saturated heterocycles. The first kappa shape index (κ1) is 16.5. The summed E-state index contributed by atoms with van der Waals surface area (Å²) in [6.45, 7) is 4.20. The van der Waals surface area contributed by atoms with E-state index in [2.05, 4.69) is 0 Å². The van der Waals surface area contributed by atoms with Crippen LogP contribution < -0.4 is 5.73 Å². The molecule has 1 rings (SSSR count). The van der Waals surface area contributed by atoms with Crippen LogP contribution in [0.15, 0.2) is 24.3 Å². The minimum Gasteiger partial charge on any atom is -0.398 e. The standard InChI is InChI=1S/C14H21N3O2S/c1-3-9-17(20(18,19)13(4-2)10-15)11-12-7-5-6-8-14(12)16/h5-8,13H,3-4,9,11,16H2,1-2H3. The van der Waals surface area contributed by atoms with Gasteiger partial charge in [-0.2, -0.15) is 9.57 Å². The SMILES string of the molecule is CCCN(Cc1ccccc1N)S(=O)(=O)C(C#N)CC. The number of nitriles is 1. The Labute approximate surface area is 121 Å². The van der Waals surface area contributed by atoms with Crippen LogP contribution in [-0.4, -0.2) is 24.5 Å². The second kappa shape index (κ2) is 7.27. The van der Waals surface area contributed by atoms with Gasteiger partial charge >= 0.3 is 0 Å². The molecule has 1 unspecified atom stereocenters. The highest BCUT2D eigenvalue weighted by Crippen LogP contribution is 2.19. The van der Waals surface area contributed by atoms with Gasteiger partial charge in [0.05, 0.1) is 6.07 Å². The normalized spacial score (nSPS) is 13.1. The first-order chi connectivity index (χ1) is 9.47. The molecule has 1 aromatic carbocycles. The smallest absolute Gasteiger partial charge is 0.230 e. The summed E-state index contributed by atoms with van der Waals surface area (Å²) >= 11 is 0. The Hall–Kier alpha value is -1.58. The maximum atomic E-state index is 12.5. The zero-order chi connectivity index (χ0) is 15.2. The fourth-order valence-electron chi connectivity index (χ4n) is 1.96. The van der Waals surface area contributed by atoms with Gasteiger partial charge in [-0.05, 0) is 24.5 Å². The molecule has 0 aliphatic rings. The molecule has 2 N–H and O–H groups in total. The number of hydrogen-bond donors (Lipinski definition) is 1. The Balaban J connectivity index is 3.07. The van der Waals surface area contributed by atoms with Crippen LogP contribution >= 0.6 is 0 Å². The highest BCUT2D eigenvalue weighted by atomic mass is 32.2. The zero-order valence-corrected chi connectivity index (χ0v) is 12.7. The molecule has 0 fully saturated rings. The van der Waals surface area contributed by atoms with Gasteiger partial charge in [0.15, 0.2) is 5.25 Å². The molecule has 0 heterocycles. The Morgan fingerprint density at radius 1 is 1.35 bits per heavy atom. The fourth-order valence-corrected chi connectivity index (χ4v) is 3.63. The molecule has 0 radical (unpaired) electrons. The Morgan fingerprint density at radius 2 is 2.00 bits per heavy atom. The molecule has 1 atom stereocenters. The van der Waals surface area contributed by atoms with Gasteiger partial charge in [-0.3, -0.25) is 0 Å². The van der Waals surface area contributed by atoms with Gasteiger partial charge in [0.1, 0.15) is 0 Å². The van der Waals surface area contributed by atoms with Crippen LogP contribution in [0.4, 0.5) is 5.69 Å². The number of nitrogens with zero attached hydrogens (tertiary/aromatic N) is 2. The molecular weight excluding hydrogens is 274 g/mol. The number of nitrogens with two attached hydrogens (primary N) is 1. The van der Waals surface area contributed by atoms with Crippen molar-refractivity contribution in [2.45, 2.75) is 38.5 Å². The summed E-state index contributed by atoms with van der Waals surface area (Å²) in [4.78, 5) is 0. The van der Waals surface area contributed by atoms with E-state index >= 15 is 0 Å². The fraction of sp³-hybridized carbons (Fsp3) is 0.500.